The van der Waals surface area contributed by atoms with Crippen molar-refractivity contribution in [2.45, 2.75) is 24.9 Å². The van der Waals surface area contributed by atoms with Crippen molar-refractivity contribution in [3.63, 3.8) is 0 Å². The van der Waals surface area contributed by atoms with Gasteiger partial charge in [-0.15, -0.1) is 0 Å². The Morgan fingerprint density at radius 2 is 2.38 bits per heavy atom. The minimum Gasteiger partial charge on any atom is -0.394 e. The van der Waals surface area contributed by atoms with Gasteiger partial charge in [-0.1, -0.05) is 0 Å². The zero-order valence-electron chi connectivity index (χ0n) is 4.71. The molecular weight excluding hydrogens is 103 g/mol. The Hall–Kier alpha value is -0.0151. The van der Waals surface area contributed by atoms with E-state index >= 15 is 0 Å². The molecule has 0 amide bonds. The number of hydrogen-bond acceptors (Lipinski definition) is 2. The van der Waals surface area contributed by atoms with Gasteiger partial charge in [0, 0.05) is 6.00 Å². The fourth-order valence-corrected chi connectivity index (χ4v) is 0.868. The highest BCUT2D eigenvalue weighted by Crippen LogP contribution is 2.15. The first kappa shape index (κ1) is 6.11. The molecule has 2 radical (unpaired) electrons. The van der Waals surface area contributed by atoms with E-state index in [0.29, 0.717) is 0 Å². The van der Waals surface area contributed by atoms with Crippen molar-refractivity contribution in [1.82, 2.24) is 0 Å². The molecule has 44 valence electrons. The summed E-state index contributed by atoms with van der Waals surface area (Å²) in [7, 11) is 5.37. The van der Waals surface area contributed by atoms with Gasteiger partial charge in [-0.05, 0) is 12.8 Å². The molecule has 0 aromatic heterocycles. The Morgan fingerprint density at radius 3 is 2.62 bits per heavy atom. The summed E-state index contributed by atoms with van der Waals surface area (Å²) in [4.78, 5) is 0. The van der Waals surface area contributed by atoms with E-state index < -0.39 is 0 Å². The van der Waals surface area contributed by atoms with E-state index in [2.05, 4.69) is 0 Å². The Morgan fingerprint density at radius 1 is 1.62 bits per heavy atom. The molecule has 0 aliphatic carbocycles. The third kappa shape index (κ3) is 1.23. The largest absolute Gasteiger partial charge is 0.394 e. The van der Waals surface area contributed by atoms with Crippen LogP contribution in [-0.2, 0) is 4.74 Å². The summed E-state index contributed by atoms with van der Waals surface area (Å²) >= 11 is 0. The van der Waals surface area contributed by atoms with E-state index in [1.807, 2.05) is 0 Å². The molecule has 0 spiro atoms. The van der Waals surface area contributed by atoms with Crippen LogP contribution in [0.25, 0.3) is 0 Å². The van der Waals surface area contributed by atoms with Crippen molar-refractivity contribution >= 4 is 7.85 Å². The molecule has 8 heavy (non-hydrogen) atoms. The van der Waals surface area contributed by atoms with E-state index in [4.69, 9.17) is 17.7 Å². The highest BCUT2D eigenvalue weighted by molar-refractivity contribution is 6.11. The molecule has 1 heterocycles. The molecule has 3 heteroatoms. The van der Waals surface area contributed by atoms with Crippen molar-refractivity contribution in [2.24, 2.45) is 0 Å². The van der Waals surface area contributed by atoms with Crippen molar-refractivity contribution in [1.29, 1.82) is 0 Å². The Kier molecular flexibility index (Phi) is 1.92. The maximum Gasteiger partial charge on any atom is 0.109 e. The summed E-state index contributed by atoms with van der Waals surface area (Å²) in [6.07, 6.45) is 1.79. The minimum atomic E-state index is -0.132. The molecule has 1 saturated heterocycles. The van der Waals surface area contributed by atoms with Crippen LogP contribution in [0.4, 0.5) is 0 Å². The summed E-state index contributed by atoms with van der Waals surface area (Å²) < 4.78 is 5.04. The van der Waals surface area contributed by atoms with Gasteiger partial charge in [0.2, 0.25) is 0 Å². The molecule has 0 saturated carbocycles. The molecule has 0 aromatic rings. The third-order valence-corrected chi connectivity index (χ3v) is 1.34. The predicted molar refractivity (Wildman–Crippen MR) is 30.7 cm³/mol. The quantitative estimate of drug-likeness (QED) is 0.470. The van der Waals surface area contributed by atoms with Gasteiger partial charge < -0.3 is 9.84 Å². The van der Waals surface area contributed by atoms with Gasteiger partial charge in [-0.3, -0.25) is 0 Å². The second-order valence-corrected chi connectivity index (χ2v) is 2.06. The lowest BCUT2D eigenvalue weighted by Crippen LogP contribution is -2.13. The summed E-state index contributed by atoms with van der Waals surface area (Å²) in [6.45, 7) is 0.105. The smallest absolute Gasteiger partial charge is 0.109 e. The van der Waals surface area contributed by atoms with Crippen LogP contribution in [0, 0.1) is 0 Å². The lowest BCUT2D eigenvalue weighted by Gasteiger charge is -2.05. The maximum atomic E-state index is 8.50. The number of hydrogen-bond donors (Lipinski definition) is 1. The molecule has 1 rings (SSSR count). The summed E-state index contributed by atoms with van der Waals surface area (Å²) in [5, 5.41) is 8.50. The van der Waals surface area contributed by atoms with Gasteiger partial charge in [-0.25, -0.2) is 0 Å². The minimum absolute atomic E-state index is 0.00463. The standard InChI is InChI=1S/C5H9BO2/c6-5-2-1-4(3-7)8-5/h4-5,7H,1-3H2/t4-,5+/m0/s1. The van der Waals surface area contributed by atoms with Gasteiger partial charge in [0.25, 0.3) is 0 Å². The Balaban J connectivity index is 2.22. The molecule has 0 unspecified atom stereocenters. The topological polar surface area (TPSA) is 29.5 Å². The number of aliphatic hydroxyl groups is 1. The van der Waals surface area contributed by atoms with Gasteiger partial charge in [0.05, 0.1) is 12.7 Å². The average molecular weight is 112 g/mol. The normalized spacial score (nSPS) is 38.1. The molecule has 2 atom stereocenters. The average Bonchev–Trinajstić information content (AvgIpc) is 2.14. The molecule has 0 aromatic carbocycles. The molecule has 1 fully saturated rings. The van der Waals surface area contributed by atoms with E-state index in [1.165, 1.54) is 0 Å². The van der Waals surface area contributed by atoms with Gasteiger partial charge in [0.1, 0.15) is 7.85 Å². The van der Waals surface area contributed by atoms with Crippen LogP contribution in [0.15, 0.2) is 0 Å². The third-order valence-electron chi connectivity index (χ3n) is 1.34. The van der Waals surface area contributed by atoms with Crippen molar-refractivity contribution < 1.29 is 9.84 Å². The van der Waals surface area contributed by atoms with Crippen LogP contribution in [0.1, 0.15) is 12.8 Å². The molecule has 1 aliphatic heterocycles. The van der Waals surface area contributed by atoms with Gasteiger partial charge >= 0.3 is 0 Å². The van der Waals surface area contributed by atoms with Crippen molar-refractivity contribution in [3.8, 4) is 0 Å². The van der Waals surface area contributed by atoms with E-state index in [9.17, 15) is 0 Å². The number of aliphatic hydroxyl groups excluding tert-OH is 1. The fourth-order valence-electron chi connectivity index (χ4n) is 0.868. The molecule has 2 nitrogen and oxygen atoms in total. The van der Waals surface area contributed by atoms with Crippen LogP contribution >= 0.6 is 0 Å². The monoisotopic (exact) mass is 112 g/mol. The van der Waals surface area contributed by atoms with Crippen LogP contribution in [0.3, 0.4) is 0 Å². The zero-order valence-corrected chi connectivity index (χ0v) is 4.71. The summed E-state index contributed by atoms with van der Waals surface area (Å²) in [6, 6.07) is -0.132. The van der Waals surface area contributed by atoms with Crippen molar-refractivity contribution in [3.05, 3.63) is 0 Å². The molecular formula is C5H9BO2. The summed E-state index contributed by atoms with van der Waals surface area (Å²) in [5.41, 5.74) is 0. The lowest BCUT2D eigenvalue weighted by atomic mass is 9.97. The first-order chi connectivity index (χ1) is 3.83. The second kappa shape index (κ2) is 2.51. The predicted octanol–water partition coefficient (Wildman–Crippen LogP) is -0.348. The molecule has 1 aliphatic rings. The van der Waals surface area contributed by atoms with Crippen LogP contribution in [0.5, 0.6) is 0 Å². The molecule has 0 bridgehead atoms. The molecule has 1 N–H and O–H groups in total. The fraction of sp³-hybridized carbons (Fsp3) is 1.00. The Labute approximate surface area is 50.3 Å². The van der Waals surface area contributed by atoms with E-state index in [1.54, 1.807) is 0 Å². The highest BCUT2D eigenvalue weighted by Gasteiger charge is 2.19. The van der Waals surface area contributed by atoms with Crippen molar-refractivity contribution in [2.75, 3.05) is 6.61 Å². The van der Waals surface area contributed by atoms with Gasteiger partial charge in [-0.2, -0.15) is 0 Å². The maximum absolute atomic E-state index is 8.50. The van der Waals surface area contributed by atoms with Crippen LogP contribution in [0.2, 0.25) is 0 Å². The highest BCUT2D eigenvalue weighted by atomic mass is 16.5. The lowest BCUT2D eigenvalue weighted by molar-refractivity contribution is 0.0432. The van der Waals surface area contributed by atoms with Crippen LogP contribution < -0.4 is 0 Å². The zero-order chi connectivity index (χ0) is 5.98. The number of rotatable bonds is 1. The SMILES string of the molecule is [B][C@H]1CC[C@@H](CO)O1. The first-order valence-corrected chi connectivity index (χ1v) is 2.85. The Bertz CT molecular complexity index is 76.8. The summed E-state index contributed by atoms with van der Waals surface area (Å²) in [5.74, 6) is 0. The van der Waals surface area contributed by atoms with Crippen LogP contribution in [-0.4, -0.2) is 31.7 Å². The first-order valence-electron chi connectivity index (χ1n) is 2.85. The van der Waals surface area contributed by atoms with Gasteiger partial charge in [0.15, 0.2) is 0 Å². The van der Waals surface area contributed by atoms with E-state index in [0.717, 1.165) is 12.8 Å². The second-order valence-electron chi connectivity index (χ2n) is 2.06. The van der Waals surface area contributed by atoms with E-state index in [-0.39, 0.29) is 18.7 Å². The number of ether oxygens (including phenoxy) is 1.